The van der Waals surface area contributed by atoms with E-state index in [9.17, 15) is 14.7 Å². The van der Waals surface area contributed by atoms with Gasteiger partial charge in [0.1, 0.15) is 5.69 Å². The molecule has 1 aromatic heterocycles. The SMILES string of the molecule is CC(O)Cn1c(C(N)=O)cc2ccccc2c1=O. The molecule has 1 atom stereocenters. The average Bonchev–Trinajstić information content (AvgIpc) is 2.32. The van der Waals surface area contributed by atoms with Gasteiger partial charge in [0, 0.05) is 5.39 Å². The molecular weight excluding hydrogens is 232 g/mol. The molecule has 0 radical (unpaired) electrons. The van der Waals surface area contributed by atoms with Gasteiger partial charge >= 0.3 is 0 Å². The van der Waals surface area contributed by atoms with Crippen LogP contribution in [0.3, 0.4) is 0 Å². The third kappa shape index (κ3) is 2.12. The molecule has 0 aliphatic heterocycles. The lowest BCUT2D eigenvalue weighted by Gasteiger charge is -2.13. The van der Waals surface area contributed by atoms with Crippen molar-refractivity contribution < 1.29 is 9.90 Å². The minimum Gasteiger partial charge on any atom is -0.392 e. The number of aromatic nitrogens is 1. The summed E-state index contributed by atoms with van der Waals surface area (Å²) in [4.78, 5) is 23.6. The van der Waals surface area contributed by atoms with Crippen LogP contribution in [0.4, 0.5) is 0 Å². The molecule has 5 nitrogen and oxygen atoms in total. The molecule has 18 heavy (non-hydrogen) atoms. The van der Waals surface area contributed by atoms with Gasteiger partial charge in [-0.05, 0) is 24.4 Å². The molecule has 0 saturated heterocycles. The Morgan fingerprint density at radius 1 is 1.44 bits per heavy atom. The summed E-state index contributed by atoms with van der Waals surface area (Å²) in [5.74, 6) is -0.682. The molecule has 1 unspecified atom stereocenters. The van der Waals surface area contributed by atoms with E-state index in [1.54, 1.807) is 37.3 Å². The molecule has 1 aromatic carbocycles. The Hall–Kier alpha value is -2.14. The van der Waals surface area contributed by atoms with E-state index in [0.717, 1.165) is 0 Å². The number of aliphatic hydroxyl groups excluding tert-OH is 1. The van der Waals surface area contributed by atoms with Crippen LogP contribution in [0.15, 0.2) is 35.1 Å². The maximum atomic E-state index is 12.2. The minimum absolute atomic E-state index is 0.0436. The van der Waals surface area contributed by atoms with E-state index in [1.165, 1.54) is 4.57 Å². The molecule has 2 aromatic rings. The standard InChI is InChI=1S/C13H14N2O3/c1-8(16)7-15-11(12(14)17)6-9-4-2-3-5-10(9)13(15)18/h2-6,8,16H,7H2,1H3,(H2,14,17). The van der Waals surface area contributed by atoms with Crippen molar-refractivity contribution in [2.24, 2.45) is 5.73 Å². The Kier molecular flexibility index (Phi) is 3.16. The second kappa shape index (κ2) is 4.62. The fourth-order valence-electron chi connectivity index (χ4n) is 1.95. The van der Waals surface area contributed by atoms with Crippen molar-refractivity contribution in [3.05, 3.63) is 46.4 Å². The van der Waals surface area contributed by atoms with Crippen LogP contribution in [-0.4, -0.2) is 21.7 Å². The Balaban J connectivity index is 2.79. The topological polar surface area (TPSA) is 85.3 Å². The van der Waals surface area contributed by atoms with Crippen molar-refractivity contribution in [2.45, 2.75) is 19.6 Å². The first-order valence-corrected chi connectivity index (χ1v) is 5.61. The van der Waals surface area contributed by atoms with Gasteiger partial charge in [-0.2, -0.15) is 0 Å². The minimum atomic E-state index is -0.734. The molecule has 5 heteroatoms. The number of hydrogen-bond acceptors (Lipinski definition) is 3. The zero-order chi connectivity index (χ0) is 13.3. The molecule has 1 heterocycles. The van der Waals surface area contributed by atoms with Crippen molar-refractivity contribution in [2.75, 3.05) is 0 Å². The van der Waals surface area contributed by atoms with Gasteiger partial charge < -0.3 is 15.4 Å². The highest BCUT2D eigenvalue weighted by Gasteiger charge is 2.14. The van der Waals surface area contributed by atoms with Gasteiger partial charge in [0.2, 0.25) is 0 Å². The number of nitrogens with zero attached hydrogens (tertiary/aromatic N) is 1. The molecule has 0 saturated carbocycles. The summed E-state index contributed by atoms with van der Waals surface area (Å²) in [5.41, 5.74) is 5.06. The molecule has 0 aliphatic rings. The van der Waals surface area contributed by atoms with Crippen molar-refractivity contribution in [1.29, 1.82) is 0 Å². The zero-order valence-corrected chi connectivity index (χ0v) is 9.96. The number of carbonyl (C=O) groups is 1. The summed E-state index contributed by atoms with van der Waals surface area (Å²) in [6.45, 7) is 1.59. The monoisotopic (exact) mass is 246 g/mol. The van der Waals surface area contributed by atoms with Crippen LogP contribution in [0.5, 0.6) is 0 Å². The largest absolute Gasteiger partial charge is 0.392 e. The summed E-state index contributed by atoms with van der Waals surface area (Å²) in [7, 11) is 0. The Bertz CT molecular complexity index is 659. The molecule has 2 rings (SSSR count). The van der Waals surface area contributed by atoms with E-state index >= 15 is 0 Å². The number of carbonyl (C=O) groups excluding carboxylic acids is 1. The average molecular weight is 246 g/mol. The van der Waals surface area contributed by atoms with E-state index in [4.69, 9.17) is 5.73 Å². The highest BCUT2D eigenvalue weighted by Crippen LogP contribution is 2.12. The van der Waals surface area contributed by atoms with Gasteiger partial charge in [-0.15, -0.1) is 0 Å². The number of nitrogens with two attached hydrogens (primary N) is 1. The number of aliphatic hydroxyl groups is 1. The summed E-state index contributed by atoms with van der Waals surface area (Å²) in [5, 5.41) is 10.6. The maximum absolute atomic E-state index is 12.2. The molecule has 94 valence electrons. The summed E-state index contributed by atoms with van der Waals surface area (Å²) in [6.07, 6.45) is -0.734. The molecule has 0 spiro atoms. The first-order chi connectivity index (χ1) is 8.50. The fraction of sp³-hybridized carbons (Fsp3) is 0.231. The normalized spacial score (nSPS) is 12.6. The molecule has 3 N–H and O–H groups in total. The van der Waals surface area contributed by atoms with Gasteiger partial charge in [-0.25, -0.2) is 0 Å². The molecule has 0 bridgehead atoms. The predicted octanol–water partition coefficient (Wildman–Crippen LogP) is 0.481. The number of benzene rings is 1. The quantitative estimate of drug-likeness (QED) is 0.826. The lowest BCUT2D eigenvalue weighted by molar-refractivity contribution is 0.0985. The molecule has 0 fully saturated rings. The summed E-state index contributed by atoms with van der Waals surface area (Å²) < 4.78 is 1.22. The second-order valence-electron chi connectivity index (χ2n) is 4.25. The number of fused-ring (bicyclic) bond motifs is 1. The second-order valence-corrected chi connectivity index (χ2v) is 4.25. The van der Waals surface area contributed by atoms with Crippen LogP contribution >= 0.6 is 0 Å². The number of amides is 1. The molecule has 0 aliphatic carbocycles. The third-order valence-corrected chi connectivity index (χ3v) is 2.72. The van der Waals surface area contributed by atoms with E-state index in [-0.39, 0.29) is 17.8 Å². The Morgan fingerprint density at radius 2 is 2.11 bits per heavy atom. The van der Waals surface area contributed by atoms with Gasteiger partial charge in [0.25, 0.3) is 11.5 Å². The van der Waals surface area contributed by atoms with Crippen molar-refractivity contribution >= 4 is 16.7 Å². The predicted molar refractivity (Wildman–Crippen MR) is 68.4 cm³/mol. The van der Waals surface area contributed by atoms with E-state index < -0.39 is 12.0 Å². The summed E-state index contributed by atoms with van der Waals surface area (Å²) >= 11 is 0. The van der Waals surface area contributed by atoms with Crippen molar-refractivity contribution in [1.82, 2.24) is 4.57 Å². The van der Waals surface area contributed by atoms with E-state index in [1.807, 2.05) is 0 Å². The van der Waals surface area contributed by atoms with Crippen LogP contribution in [0.25, 0.3) is 10.8 Å². The van der Waals surface area contributed by atoms with Crippen LogP contribution in [0.1, 0.15) is 17.4 Å². The van der Waals surface area contributed by atoms with Crippen LogP contribution in [-0.2, 0) is 6.54 Å². The van der Waals surface area contributed by atoms with Gasteiger partial charge in [0.15, 0.2) is 0 Å². The zero-order valence-electron chi connectivity index (χ0n) is 9.96. The van der Waals surface area contributed by atoms with Gasteiger partial charge in [0.05, 0.1) is 12.6 Å². The van der Waals surface area contributed by atoms with Crippen LogP contribution in [0, 0.1) is 0 Å². The van der Waals surface area contributed by atoms with Crippen molar-refractivity contribution in [3.63, 3.8) is 0 Å². The number of primary amides is 1. The lowest BCUT2D eigenvalue weighted by Crippen LogP contribution is -2.32. The van der Waals surface area contributed by atoms with Gasteiger partial charge in [-0.3, -0.25) is 9.59 Å². The Morgan fingerprint density at radius 3 is 2.72 bits per heavy atom. The smallest absolute Gasteiger partial charge is 0.265 e. The number of hydrogen-bond donors (Lipinski definition) is 2. The third-order valence-electron chi connectivity index (χ3n) is 2.72. The Labute approximate surface area is 103 Å². The van der Waals surface area contributed by atoms with Gasteiger partial charge in [-0.1, -0.05) is 18.2 Å². The molecule has 1 amide bonds. The summed E-state index contributed by atoms with van der Waals surface area (Å²) in [6, 6.07) is 8.53. The maximum Gasteiger partial charge on any atom is 0.265 e. The number of pyridine rings is 1. The molecular formula is C13H14N2O3. The van der Waals surface area contributed by atoms with E-state index in [2.05, 4.69) is 0 Å². The first kappa shape index (κ1) is 12.3. The van der Waals surface area contributed by atoms with E-state index in [0.29, 0.717) is 10.8 Å². The highest BCUT2D eigenvalue weighted by molar-refractivity contribution is 5.95. The highest BCUT2D eigenvalue weighted by atomic mass is 16.3. The number of rotatable bonds is 3. The lowest BCUT2D eigenvalue weighted by atomic mass is 10.1. The van der Waals surface area contributed by atoms with Crippen LogP contribution < -0.4 is 11.3 Å². The first-order valence-electron chi connectivity index (χ1n) is 5.61. The fourth-order valence-corrected chi connectivity index (χ4v) is 1.95. The van der Waals surface area contributed by atoms with Crippen molar-refractivity contribution in [3.8, 4) is 0 Å². The van der Waals surface area contributed by atoms with Crippen LogP contribution in [0.2, 0.25) is 0 Å².